The summed E-state index contributed by atoms with van der Waals surface area (Å²) in [6.45, 7) is -1.49. The minimum Gasteiger partial charge on any atom is -0.432 e. The number of rotatable bonds is 4. The first-order chi connectivity index (χ1) is 10.3. The van der Waals surface area contributed by atoms with Crippen molar-refractivity contribution in [1.29, 1.82) is 0 Å². The molecule has 2 rings (SSSR count). The second-order valence-electron chi connectivity index (χ2n) is 4.34. The van der Waals surface area contributed by atoms with Gasteiger partial charge in [0.2, 0.25) is 0 Å². The minimum absolute atomic E-state index is 0.0750. The van der Waals surface area contributed by atoms with E-state index in [1.165, 1.54) is 4.68 Å². The molecule has 1 aromatic heterocycles. The lowest BCUT2D eigenvalue weighted by atomic mass is 10.2. The van der Waals surface area contributed by atoms with Crippen LogP contribution >= 0.6 is 11.6 Å². The Labute approximate surface area is 128 Å². The van der Waals surface area contributed by atoms with Crippen LogP contribution in [0.2, 0.25) is 5.02 Å². The number of anilines is 1. The Morgan fingerprint density at radius 3 is 2.68 bits per heavy atom. The summed E-state index contributed by atoms with van der Waals surface area (Å²) in [7, 11) is 1.60. The maximum absolute atomic E-state index is 13.1. The molecule has 9 heteroatoms. The standard InChI is InChI=1S/C13H11ClF3N3O2/c1-6-10(14)11(19-20(6)2)12(21)18-8-4-3-7(15)5-9(8)22-13(16)17/h3-5,13H,1-2H3,(H,18,21). The first-order valence-electron chi connectivity index (χ1n) is 6.04. The maximum atomic E-state index is 13.1. The monoisotopic (exact) mass is 333 g/mol. The van der Waals surface area contributed by atoms with Crippen molar-refractivity contribution in [2.75, 3.05) is 5.32 Å². The SMILES string of the molecule is Cc1c(Cl)c(C(=O)Nc2ccc(F)cc2OC(F)F)nn1C. The predicted molar refractivity (Wildman–Crippen MR) is 73.9 cm³/mol. The molecule has 0 radical (unpaired) electrons. The largest absolute Gasteiger partial charge is 0.432 e. The Balaban J connectivity index is 2.30. The van der Waals surface area contributed by atoms with Crippen LogP contribution in [-0.2, 0) is 7.05 Å². The lowest BCUT2D eigenvalue weighted by molar-refractivity contribution is -0.0495. The molecule has 1 N–H and O–H groups in total. The van der Waals surface area contributed by atoms with Crippen LogP contribution in [-0.4, -0.2) is 22.3 Å². The number of halogens is 4. The zero-order valence-electron chi connectivity index (χ0n) is 11.5. The molecule has 0 aliphatic rings. The van der Waals surface area contributed by atoms with Gasteiger partial charge in [0.15, 0.2) is 11.4 Å². The van der Waals surface area contributed by atoms with Gasteiger partial charge >= 0.3 is 6.61 Å². The fourth-order valence-electron chi connectivity index (χ4n) is 1.70. The van der Waals surface area contributed by atoms with E-state index in [0.29, 0.717) is 5.69 Å². The van der Waals surface area contributed by atoms with E-state index in [4.69, 9.17) is 11.6 Å². The number of aryl methyl sites for hydroxylation is 1. The van der Waals surface area contributed by atoms with Gasteiger partial charge in [0, 0.05) is 13.1 Å². The quantitative estimate of drug-likeness (QED) is 0.933. The second-order valence-corrected chi connectivity index (χ2v) is 4.72. The average Bonchev–Trinajstić information content (AvgIpc) is 2.69. The third kappa shape index (κ3) is 3.33. The van der Waals surface area contributed by atoms with E-state index in [2.05, 4.69) is 15.2 Å². The lowest BCUT2D eigenvalue weighted by Gasteiger charge is -2.11. The number of carbonyl (C=O) groups is 1. The van der Waals surface area contributed by atoms with Gasteiger partial charge in [0.25, 0.3) is 5.91 Å². The topological polar surface area (TPSA) is 56.1 Å². The van der Waals surface area contributed by atoms with Crippen LogP contribution in [0.3, 0.4) is 0 Å². The van der Waals surface area contributed by atoms with Gasteiger partial charge in [-0.1, -0.05) is 11.6 Å². The first-order valence-corrected chi connectivity index (χ1v) is 6.42. The number of ether oxygens (including phenoxy) is 1. The Kier molecular flexibility index (Phi) is 4.60. The minimum atomic E-state index is -3.15. The van der Waals surface area contributed by atoms with Crippen LogP contribution in [0, 0.1) is 12.7 Å². The molecule has 2 aromatic rings. The number of aromatic nitrogens is 2. The van der Waals surface area contributed by atoms with Crippen LogP contribution in [0.5, 0.6) is 5.75 Å². The molecule has 22 heavy (non-hydrogen) atoms. The molecule has 118 valence electrons. The van der Waals surface area contributed by atoms with E-state index in [-0.39, 0.29) is 16.4 Å². The van der Waals surface area contributed by atoms with Crippen LogP contribution in [0.4, 0.5) is 18.9 Å². The molecule has 0 spiro atoms. The molecule has 1 heterocycles. The number of nitrogens with zero attached hydrogens (tertiary/aromatic N) is 2. The van der Waals surface area contributed by atoms with Crippen molar-refractivity contribution in [3.05, 3.63) is 40.4 Å². The number of hydrogen-bond donors (Lipinski definition) is 1. The average molecular weight is 334 g/mol. The van der Waals surface area contributed by atoms with Crippen molar-refractivity contribution < 1.29 is 22.7 Å². The number of benzene rings is 1. The normalized spacial score (nSPS) is 10.9. The fraction of sp³-hybridized carbons (Fsp3) is 0.231. The summed E-state index contributed by atoms with van der Waals surface area (Å²) >= 11 is 5.97. The molecule has 0 saturated heterocycles. The Hall–Kier alpha value is -2.22. The van der Waals surface area contributed by atoms with Crippen LogP contribution in [0.15, 0.2) is 18.2 Å². The van der Waals surface area contributed by atoms with Gasteiger partial charge < -0.3 is 10.1 Å². The molecule has 0 aliphatic heterocycles. The van der Waals surface area contributed by atoms with Gasteiger partial charge in [-0.25, -0.2) is 4.39 Å². The first kappa shape index (κ1) is 16.2. The third-order valence-corrected chi connectivity index (χ3v) is 3.34. The Bertz CT molecular complexity index is 719. The van der Waals surface area contributed by atoms with Gasteiger partial charge in [0.1, 0.15) is 5.82 Å². The second kappa shape index (κ2) is 6.27. The predicted octanol–water partition coefficient (Wildman–Crippen LogP) is 3.37. The molecule has 0 atom stereocenters. The fourth-order valence-corrected chi connectivity index (χ4v) is 1.95. The van der Waals surface area contributed by atoms with Crippen molar-refractivity contribution in [2.45, 2.75) is 13.5 Å². The lowest BCUT2D eigenvalue weighted by Crippen LogP contribution is -2.15. The number of alkyl halides is 2. The van der Waals surface area contributed by atoms with Crippen LogP contribution in [0.25, 0.3) is 0 Å². The van der Waals surface area contributed by atoms with Gasteiger partial charge in [-0.3, -0.25) is 9.48 Å². The van der Waals surface area contributed by atoms with E-state index >= 15 is 0 Å². The highest BCUT2D eigenvalue weighted by Crippen LogP contribution is 2.28. The maximum Gasteiger partial charge on any atom is 0.387 e. The van der Waals surface area contributed by atoms with Crippen molar-refractivity contribution in [3.8, 4) is 5.75 Å². The van der Waals surface area contributed by atoms with E-state index in [9.17, 15) is 18.0 Å². The molecule has 5 nitrogen and oxygen atoms in total. The molecule has 0 aliphatic carbocycles. The molecule has 0 unspecified atom stereocenters. The Morgan fingerprint density at radius 1 is 1.45 bits per heavy atom. The van der Waals surface area contributed by atoms with Gasteiger partial charge in [-0.05, 0) is 19.1 Å². The summed E-state index contributed by atoms with van der Waals surface area (Å²) in [4.78, 5) is 12.1. The smallest absolute Gasteiger partial charge is 0.387 e. The number of amides is 1. The summed E-state index contributed by atoms with van der Waals surface area (Å²) in [5.41, 5.74) is 0.370. The van der Waals surface area contributed by atoms with E-state index < -0.39 is 24.1 Å². The summed E-state index contributed by atoms with van der Waals surface area (Å²) in [5.74, 6) is -1.99. The van der Waals surface area contributed by atoms with E-state index in [1.54, 1.807) is 14.0 Å². The van der Waals surface area contributed by atoms with Crippen LogP contribution in [0.1, 0.15) is 16.2 Å². The van der Waals surface area contributed by atoms with Crippen molar-refractivity contribution in [3.63, 3.8) is 0 Å². The summed E-state index contributed by atoms with van der Waals surface area (Å²) in [5, 5.41) is 6.38. The number of carbonyl (C=O) groups excluding carboxylic acids is 1. The molecule has 0 saturated carbocycles. The highest BCUT2D eigenvalue weighted by atomic mass is 35.5. The summed E-state index contributed by atoms with van der Waals surface area (Å²) in [6, 6.07) is 2.85. The molecular formula is C13H11ClF3N3O2. The number of nitrogens with one attached hydrogen (secondary N) is 1. The van der Waals surface area contributed by atoms with Crippen molar-refractivity contribution in [1.82, 2.24) is 9.78 Å². The highest BCUT2D eigenvalue weighted by molar-refractivity contribution is 6.34. The summed E-state index contributed by atoms with van der Waals surface area (Å²) < 4.78 is 43.3. The zero-order chi connectivity index (χ0) is 16.4. The molecule has 0 fully saturated rings. The molecule has 1 amide bonds. The summed E-state index contributed by atoms with van der Waals surface area (Å²) in [6.07, 6.45) is 0. The third-order valence-electron chi connectivity index (χ3n) is 2.88. The van der Waals surface area contributed by atoms with Crippen molar-refractivity contribution >= 4 is 23.2 Å². The van der Waals surface area contributed by atoms with E-state index in [0.717, 1.165) is 18.2 Å². The van der Waals surface area contributed by atoms with Crippen LogP contribution < -0.4 is 10.1 Å². The number of hydrogen-bond acceptors (Lipinski definition) is 3. The zero-order valence-corrected chi connectivity index (χ0v) is 12.3. The van der Waals surface area contributed by atoms with Gasteiger partial charge in [-0.15, -0.1) is 0 Å². The molecule has 0 bridgehead atoms. The highest BCUT2D eigenvalue weighted by Gasteiger charge is 2.20. The van der Waals surface area contributed by atoms with Crippen molar-refractivity contribution in [2.24, 2.45) is 7.05 Å². The molecular weight excluding hydrogens is 323 g/mol. The van der Waals surface area contributed by atoms with Gasteiger partial charge in [-0.2, -0.15) is 13.9 Å². The van der Waals surface area contributed by atoms with Gasteiger partial charge in [0.05, 0.1) is 16.4 Å². The Morgan fingerprint density at radius 2 is 2.14 bits per heavy atom. The van der Waals surface area contributed by atoms with E-state index in [1.807, 2.05) is 0 Å². The molecule has 1 aromatic carbocycles.